The van der Waals surface area contributed by atoms with E-state index in [1.165, 1.54) is 12.3 Å². The number of halogens is 5. The lowest BCUT2D eigenvalue weighted by Gasteiger charge is -2.17. The van der Waals surface area contributed by atoms with E-state index in [9.17, 15) is 35.5 Å². The SMILES string of the molecule is O=S(=O)(c1ccc(Oc2cccc3[nH]ncc23)c2c1C(O)C(F)(F)C2)C(F)(F)F. The molecule has 1 aliphatic carbocycles. The Morgan fingerprint density at radius 2 is 1.90 bits per heavy atom. The van der Waals surface area contributed by atoms with Crippen molar-refractivity contribution >= 4 is 20.7 Å². The van der Waals surface area contributed by atoms with Crippen LogP contribution in [0.2, 0.25) is 0 Å². The van der Waals surface area contributed by atoms with Crippen LogP contribution in [0.3, 0.4) is 0 Å². The molecule has 1 atom stereocenters. The molecule has 12 heteroatoms. The van der Waals surface area contributed by atoms with E-state index < -0.39 is 49.8 Å². The van der Waals surface area contributed by atoms with Crippen LogP contribution in [0.4, 0.5) is 22.0 Å². The third kappa shape index (κ3) is 2.94. The number of alkyl halides is 5. The van der Waals surface area contributed by atoms with Gasteiger partial charge in [0.25, 0.3) is 15.8 Å². The number of rotatable bonds is 3. The molecule has 0 fully saturated rings. The van der Waals surface area contributed by atoms with E-state index in [1.54, 1.807) is 12.1 Å². The van der Waals surface area contributed by atoms with Gasteiger partial charge in [0.1, 0.15) is 17.6 Å². The van der Waals surface area contributed by atoms with Crippen LogP contribution in [0.1, 0.15) is 17.2 Å². The van der Waals surface area contributed by atoms with Gasteiger partial charge in [0.2, 0.25) is 0 Å². The van der Waals surface area contributed by atoms with Crippen molar-refractivity contribution in [2.45, 2.75) is 28.9 Å². The number of hydrogen-bond acceptors (Lipinski definition) is 5. The summed E-state index contributed by atoms with van der Waals surface area (Å²) in [4.78, 5) is -1.42. The van der Waals surface area contributed by atoms with Gasteiger partial charge in [0.05, 0.1) is 22.0 Å². The van der Waals surface area contributed by atoms with Gasteiger partial charge in [-0.15, -0.1) is 0 Å². The molecule has 0 bridgehead atoms. The zero-order valence-corrected chi connectivity index (χ0v) is 15.0. The number of H-pyrrole nitrogens is 1. The molecule has 1 aromatic heterocycles. The van der Waals surface area contributed by atoms with E-state index >= 15 is 0 Å². The van der Waals surface area contributed by atoms with Crippen LogP contribution >= 0.6 is 0 Å². The Labute approximate surface area is 159 Å². The zero-order valence-electron chi connectivity index (χ0n) is 14.2. The van der Waals surface area contributed by atoms with E-state index in [4.69, 9.17) is 4.74 Å². The average molecular weight is 434 g/mol. The standard InChI is InChI=1S/C17H11F5N2O4S/c18-16(19)6-8-12(28-11-3-1-2-10-9(11)7-23-24-10)4-5-13(14(8)15(16)25)29(26,27)17(20,21)22/h1-5,7,15,25H,6H2,(H,23,24). The molecule has 0 radical (unpaired) electrons. The van der Waals surface area contributed by atoms with Crippen LogP contribution in [0.25, 0.3) is 10.9 Å². The summed E-state index contributed by atoms with van der Waals surface area (Å²) in [6, 6.07) is 6.09. The number of hydrogen-bond donors (Lipinski definition) is 2. The molecule has 29 heavy (non-hydrogen) atoms. The fourth-order valence-electron chi connectivity index (χ4n) is 3.25. The van der Waals surface area contributed by atoms with Gasteiger partial charge in [-0.05, 0) is 24.3 Å². The maximum absolute atomic E-state index is 14.1. The van der Waals surface area contributed by atoms with E-state index in [0.717, 1.165) is 6.07 Å². The first-order valence-electron chi connectivity index (χ1n) is 8.06. The van der Waals surface area contributed by atoms with Gasteiger partial charge >= 0.3 is 5.51 Å². The third-order valence-electron chi connectivity index (χ3n) is 4.62. The third-order valence-corrected chi connectivity index (χ3v) is 6.16. The summed E-state index contributed by atoms with van der Waals surface area (Å²) in [7, 11) is -5.96. The highest BCUT2D eigenvalue weighted by Crippen LogP contribution is 2.51. The minimum atomic E-state index is -5.96. The van der Waals surface area contributed by atoms with Crippen LogP contribution in [0, 0.1) is 0 Å². The maximum atomic E-state index is 14.1. The average Bonchev–Trinajstić information content (AvgIpc) is 3.18. The van der Waals surface area contributed by atoms with Crippen LogP contribution < -0.4 is 4.74 Å². The monoisotopic (exact) mass is 434 g/mol. The Balaban J connectivity index is 1.90. The molecule has 0 spiro atoms. The maximum Gasteiger partial charge on any atom is 0.501 e. The lowest BCUT2D eigenvalue weighted by molar-refractivity contribution is -0.0978. The lowest BCUT2D eigenvalue weighted by Crippen LogP contribution is -2.26. The number of aliphatic hydroxyl groups excluding tert-OH is 1. The van der Waals surface area contributed by atoms with Crippen LogP contribution in [-0.4, -0.2) is 35.2 Å². The van der Waals surface area contributed by atoms with E-state index in [0.29, 0.717) is 17.0 Å². The van der Waals surface area contributed by atoms with Gasteiger partial charge in [-0.1, -0.05) is 6.07 Å². The molecule has 3 aromatic rings. The quantitative estimate of drug-likeness (QED) is 0.611. The molecule has 1 heterocycles. The fraction of sp³-hybridized carbons (Fsp3) is 0.235. The van der Waals surface area contributed by atoms with Gasteiger partial charge in [0.15, 0.2) is 0 Å². The van der Waals surface area contributed by atoms with Crippen molar-refractivity contribution in [3.05, 3.63) is 47.7 Å². The minimum absolute atomic E-state index is 0.162. The molecule has 0 saturated heterocycles. The largest absolute Gasteiger partial charge is 0.501 e. The highest BCUT2D eigenvalue weighted by molar-refractivity contribution is 7.92. The van der Waals surface area contributed by atoms with Crippen molar-refractivity contribution in [2.24, 2.45) is 0 Å². The predicted octanol–water partition coefficient (Wildman–Crippen LogP) is 3.87. The van der Waals surface area contributed by atoms with Crippen molar-refractivity contribution < 1.29 is 40.2 Å². The first kappa shape index (κ1) is 19.6. The topological polar surface area (TPSA) is 92.3 Å². The lowest BCUT2D eigenvalue weighted by atomic mass is 10.1. The number of sulfone groups is 1. The Kier molecular flexibility index (Phi) is 4.14. The van der Waals surface area contributed by atoms with E-state index in [1.807, 2.05) is 0 Å². The zero-order chi connectivity index (χ0) is 21.2. The van der Waals surface area contributed by atoms with Gasteiger partial charge in [-0.3, -0.25) is 5.10 Å². The molecule has 1 aliphatic rings. The van der Waals surface area contributed by atoms with Crippen LogP contribution in [-0.2, 0) is 16.3 Å². The first-order chi connectivity index (χ1) is 13.4. The van der Waals surface area contributed by atoms with Crippen molar-refractivity contribution in [3.8, 4) is 11.5 Å². The second-order valence-electron chi connectivity index (χ2n) is 6.43. The Bertz CT molecular complexity index is 1220. The molecule has 0 aliphatic heterocycles. The molecule has 0 saturated carbocycles. The highest BCUT2D eigenvalue weighted by atomic mass is 32.2. The molecule has 154 valence electrons. The second kappa shape index (κ2) is 6.13. The number of benzene rings is 2. The molecular formula is C17H11F5N2O4S. The van der Waals surface area contributed by atoms with Crippen molar-refractivity contribution in [2.75, 3.05) is 0 Å². The van der Waals surface area contributed by atoms with Crippen molar-refractivity contribution in [1.82, 2.24) is 10.2 Å². The highest BCUT2D eigenvalue weighted by Gasteiger charge is 2.55. The summed E-state index contributed by atoms with van der Waals surface area (Å²) in [5, 5.41) is 16.9. The smallest absolute Gasteiger partial charge is 0.456 e. The van der Waals surface area contributed by atoms with Gasteiger partial charge in [-0.2, -0.15) is 18.3 Å². The summed E-state index contributed by atoms with van der Waals surface area (Å²) in [5.41, 5.74) is -6.68. The summed E-state index contributed by atoms with van der Waals surface area (Å²) in [6.45, 7) is 0. The van der Waals surface area contributed by atoms with Crippen molar-refractivity contribution in [1.29, 1.82) is 0 Å². The van der Waals surface area contributed by atoms with Gasteiger partial charge < -0.3 is 9.84 Å². The molecular weight excluding hydrogens is 423 g/mol. The molecule has 2 N–H and O–H groups in total. The summed E-state index contributed by atoms with van der Waals surface area (Å²) in [5.74, 6) is -3.99. The number of aromatic nitrogens is 2. The number of nitrogens with zero attached hydrogens (tertiary/aromatic N) is 1. The normalized spacial score (nSPS) is 18.8. The summed E-state index contributed by atoms with van der Waals surface area (Å²) < 4.78 is 96.5. The number of nitrogens with one attached hydrogen (secondary N) is 1. The molecule has 2 aromatic carbocycles. The number of ether oxygens (including phenoxy) is 1. The first-order valence-corrected chi connectivity index (χ1v) is 9.55. The van der Waals surface area contributed by atoms with Gasteiger partial charge in [-0.25, -0.2) is 17.2 Å². The minimum Gasteiger partial charge on any atom is -0.456 e. The Morgan fingerprint density at radius 1 is 1.17 bits per heavy atom. The molecule has 6 nitrogen and oxygen atoms in total. The molecule has 1 unspecified atom stereocenters. The number of fused-ring (bicyclic) bond motifs is 2. The van der Waals surface area contributed by atoms with Crippen LogP contribution in [0.15, 0.2) is 41.4 Å². The number of aliphatic hydroxyl groups is 1. The summed E-state index contributed by atoms with van der Waals surface area (Å²) in [6.07, 6.45) is -2.50. The predicted molar refractivity (Wildman–Crippen MR) is 89.5 cm³/mol. The summed E-state index contributed by atoms with van der Waals surface area (Å²) >= 11 is 0. The van der Waals surface area contributed by atoms with E-state index in [2.05, 4.69) is 10.2 Å². The molecule has 0 amide bonds. The Hall–Kier alpha value is -2.73. The molecule has 4 rings (SSSR count). The fourth-order valence-corrected chi connectivity index (χ4v) is 4.27. The Morgan fingerprint density at radius 3 is 2.59 bits per heavy atom. The van der Waals surface area contributed by atoms with Gasteiger partial charge in [0, 0.05) is 17.5 Å². The van der Waals surface area contributed by atoms with Crippen LogP contribution in [0.5, 0.6) is 11.5 Å². The van der Waals surface area contributed by atoms with E-state index in [-0.39, 0.29) is 11.5 Å². The number of aromatic amines is 1. The second-order valence-corrected chi connectivity index (χ2v) is 8.34. The van der Waals surface area contributed by atoms with Crippen molar-refractivity contribution in [3.63, 3.8) is 0 Å².